The Morgan fingerprint density at radius 2 is 1.56 bits per heavy atom. The SMILES string of the molecule is CCCCCCCCCCC(N)COP(=O)(O)O. The van der Waals surface area contributed by atoms with Crippen molar-refractivity contribution in [3.63, 3.8) is 0 Å². The molecule has 0 fully saturated rings. The van der Waals surface area contributed by atoms with Gasteiger partial charge < -0.3 is 15.5 Å². The summed E-state index contributed by atoms with van der Waals surface area (Å²) in [7, 11) is -4.36. The maximum Gasteiger partial charge on any atom is 0.469 e. The molecule has 4 N–H and O–H groups in total. The zero-order valence-corrected chi connectivity index (χ0v) is 12.3. The summed E-state index contributed by atoms with van der Waals surface area (Å²) in [6.07, 6.45) is 10.6. The Labute approximate surface area is 110 Å². The highest BCUT2D eigenvalue weighted by atomic mass is 31.2. The maximum absolute atomic E-state index is 10.5. The molecule has 0 rings (SSSR count). The number of hydrogen-bond acceptors (Lipinski definition) is 3. The van der Waals surface area contributed by atoms with Crippen LogP contribution in [0.2, 0.25) is 0 Å². The second-order valence-electron chi connectivity index (χ2n) is 4.81. The monoisotopic (exact) mass is 281 g/mol. The van der Waals surface area contributed by atoms with Crippen LogP contribution < -0.4 is 5.73 Å². The summed E-state index contributed by atoms with van der Waals surface area (Å²) in [5.41, 5.74) is 5.69. The van der Waals surface area contributed by atoms with Gasteiger partial charge in [0.1, 0.15) is 0 Å². The fourth-order valence-corrected chi connectivity index (χ4v) is 2.20. The van der Waals surface area contributed by atoms with Gasteiger partial charge in [0.2, 0.25) is 0 Å². The van der Waals surface area contributed by atoms with Gasteiger partial charge >= 0.3 is 7.82 Å². The lowest BCUT2D eigenvalue weighted by atomic mass is 10.1. The Hall–Kier alpha value is 0.0700. The van der Waals surface area contributed by atoms with E-state index in [1.54, 1.807) is 0 Å². The lowest BCUT2D eigenvalue weighted by molar-refractivity contribution is 0.183. The number of hydrogen-bond donors (Lipinski definition) is 3. The lowest BCUT2D eigenvalue weighted by Crippen LogP contribution is -2.25. The van der Waals surface area contributed by atoms with Crippen molar-refractivity contribution in [3.05, 3.63) is 0 Å². The van der Waals surface area contributed by atoms with Crippen LogP contribution in [-0.4, -0.2) is 22.4 Å². The number of nitrogens with two attached hydrogens (primary N) is 1. The second-order valence-corrected chi connectivity index (χ2v) is 6.05. The highest BCUT2D eigenvalue weighted by molar-refractivity contribution is 7.46. The predicted molar refractivity (Wildman–Crippen MR) is 73.2 cm³/mol. The van der Waals surface area contributed by atoms with E-state index < -0.39 is 7.82 Å². The summed E-state index contributed by atoms with van der Waals surface area (Å²) in [4.78, 5) is 17.0. The highest BCUT2D eigenvalue weighted by Crippen LogP contribution is 2.35. The van der Waals surface area contributed by atoms with Crippen LogP contribution in [0.3, 0.4) is 0 Å². The van der Waals surface area contributed by atoms with Crippen molar-refractivity contribution in [2.24, 2.45) is 5.73 Å². The van der Waals surface area contributed by atoms with E-state index in [2.05, 4.69) is 11.4 Å². The molecule has 0 aromatic rings. The zero-order valence-electron chi connectivity index (χ0n) is 11.4. The largest absolute Gasteiger partial charge is 0.469 e. The van der Waals surface area contributed by atoms with Crippen LogP contribution >= 0.6 is 7.82 Å². The van der Waals surface area contributed by atoms with Crippen LogP contribution in [0.15, 0.2) is 0 Å². The van der Waals surface area contributed by atoms with E-state index in [1.165, 1.54) is 38.5 Å². The average molecular weight is 281 g/mol. The molecule has 18 heavy (non-hydrogen) atoms. The van der Waals surface area contributed by atoms with E-state index in [1.807, 2.05) is 0 Å². The fourth-order valence-electron chi connectivity index (χ4n) is 1.82. The van der Waals surface area contributed by atoms with Crippen molar-refractivity contribution in [1.82, 2.24) is 0 Å². The van der Waals surface area contributed by atoms with Crippen molar-refractivity contribution in [1.29, 1.82) is 0 Å². The summed E-state index contributed by atoms with van der Waals surface area (Å²) in [6, 6.07) is -0.280. The van der Waals surface area contributed by atoms with Gasteiger partial charge in [0.15, 0.2) is 0 Å². The molecule has 0 radical (unpaired) electrons. The predicted octanol–water partition coefficient (Wildman–Crippen LogP) is 2.95. The molecule has 110 valence electrons. The van der Waals surface area contributed by atoms with Gasteiger partial charge in [-0.2, -0.15) is 0 Å². The van der Waals surface area contributed by atoms with E-state index in [0.29, 0.717) is 0 Å². The average Bonchev–Trinajstić information content (AvgIpc) is 2.29. The summed E-state index contributed by atoms with van der Waals surface area (Å²) in [5.74, 6) is 0. The number of unbranched alkanes of at least 4 members (excludes halogenated alkanes) is 7. The molecule has 6 heteroatoms. The molecule has 0 aromatic heterocycles. The van der Waals surface area contributed by atoms with Gasteiger partial charge in [0, 0.05) is 6.04 Å². The van der Waals surface area contributed by atoms with Crippen LogP contribution in [0.25, 0.3) is 0 Å². The molecule has 0 saturated heterocycles. The summed E-state index contributed by atoms with van der Waals surface area (Å²) >= 11 is 0. The molecule has 0 spiro atoms. The number of phosphoric ester groups is 1. The van der Waals surface area contributed by atoms with Crippen molar-refractivity contribution in [2.45, 2.75) is 70.8 Å². The van der Waals surface area contributed by atoms with Gasteiger partial charge in [-0.3, -0.25) is 4.52 Å². The fraction of sp³-hybridized carbons (Fsp3) is 1.00. The molecule has 0 amide bonds. The normalized spacial score (nSPS) is 13.8. The third-order valence-corrected chi connectivity index (χ3v) is 3.37. The van der Waals surface area contributed by atoms with Gasteiger partial charge in [0.05, 0.1) is 6.61 Å². The van der Waals surface area contributed by atoms with Crippen LogP contribution in [-0.2, 0) is 9.09 Å². The molecule has 0 aliphatic carbocycles. The van der Waals surface area contributed by atoms with Gasteiger partial charge in [-0.05, 0) is 6.42 Å². The Morgan fingerprint density at radius 1 is 1.06 bits per heavy atom. The summed E-state index contributed by atoms with van der Waals surface area (Å²) in [6.45, 7) is 2.14. The van der Waals surface area contributed by atoms with Crippen LogP contribution in [0, 0.1) is 0 Å². The smallest absolute Gasteiger partial charge is 0.326 e. The molecule has 0 heterocycles. The van der Waals surface area contributed by atoms with Crippen molar-refractivity contribution < 1.29 is 18.9 Å². The van der Waals surface area contributed by atoms with E-state index in [4.69, 9.17) is 15.5 Å². The molecule has 5 nitrogen and oxygen atoms in total. The molecule has 0 bridgehead atoms. The van der Waals surface area contributed by atoms with E-state index >= 15 is 0 Å². The molecule has 1 unspecified atom stereocenters. The van der Waals surface area contributed by atoms with Gasteiger partial charge in [-0.25, -0.2) is 4.57 Å². The second kappa shape index (κ2) is 10.9. The molecule has 0 aliphatic rings. The summed E-state index contributed by atoms with van der Waals surface area (Å²) < 4.78 is 14.8. The van der Waals surface area contributed by atoms with Crippen LogP contribution in [0.1, 0.15) is 64.7 Å². The quantitative estimate of drug-likeness (QED) is 0.378. The topological polar surface area (TPSA) is 92.8 Å². The minimum absolute atomic E-state index is 0.0687. The van der Waals surface area contributed by atoms with E-state index in [0.717, 1.165) is 19.3 Å². The Kier molecular flexibility index (Phi) is 11.0. The molecule has 0 saturated carbocycles. The standard InChI is InChI=1S/C12H28NO4P/c1-2-3-4-5-6-7-8-9-10-12(13)11-17-18(14,15)16/h12H,2-11,13H2,1H3,(H2,14,15,16). The van der Waals surface area contributed by atoms with Gasteiger partial charge in [0.25, 0.3) is 0 Å². The van der Waals surface area contributed by atoms with Crippen LogP contribution in [0.4, 0.5) is 0 Å². The number of rotatable bonds is 12. The van der Waals surface area contributed by atoms with Crippen molar-refractivity contribution in [2.75, 3.05) is 6.61 Å². The summed E-state index contributed by atoms with van der Waals surface area (Å²) in [5, 5.41) is 0. The minimum atomic E-state index is -4.36. The zero-order chi connectivity index (χ0) is 13.9. The first kappa shape index (κ1) is 18.1. The molecular formula is C12H28NO4P. The number of phosphoric acid groups is 1. The van der Waals surface area contributed by atoms with Crippen molar-refractivity contribution in [3.8, 4) is 0 Å². The molecular weight excluding hydrogens is 253 g/mol. The Balaban J connectivity index is 3.25. The Morgan fingerprint density at radius 3 is 2.06 bits per heavy atom. The van der Waals surface area contributed by atoms with Crippen LogP contribution in [0.5, 0.6) is 0 Å². The minimum Gasteiger partial charge on any atom is -0.326 e. The van der Waals surface area contributed by atoms with E-state index in [-0.39, 0.29) is 12.6 Å². The first-order chi connectivity index (χ1) is 8.45. The lowest BCUT2D eigenvalue weighted by Gasteiger charge is -2.12. The molecule has 0 aromatic carbocycles. The first-order valence-electron chi connectivity index (χ1n) is 6.91. The van der Waals surface area contributed by atoms with Gasteiger partial charge in [-0.1, -0.05) is 58.3 Å². The third kappa shape index (κ3) is 14.1. The third-order valence-electron chi connectivity index (χ3n) is 2.89. The van der Waals surface area contributed by atoms with Gasteiger partial charge in [-0.15, -0.1) is 0 Å². The molecule has 0 aliphatic heterocycles. The van der Waals surface area contributed by atoms with E-state index in [9.17, 15) is 4.57 Å². The maximum atomic E-state index is 10.5. The van der Waals surface area contributed by atoms with Crippen molar-refractivity contribution >= 4 is 7.82 Å². The Bertz CT molecular complexity index is 232. The highest BCUT2D eigenvalue weighted by Gasteiger charge is 2.15. The molecule has 1 atom stereocenters. The first-order valence-corrected chi connectivity index (χ1v) is 8.44.